The van der Waals surface area contributed by atoms with Gasteiger partial charge < -0.3 is 4.74 Å². The monoisotopic (exact) mass is 318 g/mol. The first-order valence-electron chi connectivity index (χ1n) is 8.65. The maximum Gasteiger partial charge on any atom is 0.119 e. The molecule has 0 saturated heterocycles. The van der Waals surface area contributed by atoms with Gasteiger partial charge in [0, 0.05) is 0 Å². The lowest BCUT2D eigenvalue weighted by Gasteiger charge is -2.08. The molecular formula is C23H26O. The summed E-state index contributed by atoms with van der Waals surface area (Å²) < 4.78 is 5.37. The molecule has 0 fully saturated rings. The molecule has 0 heterocycles. The largest absolute Gasteiger partial charge is 0.497 e. The van der Waals surface area contributed by atoms with Crippen LogP contribution in [0.15, 0.2) is 48.5 Å². The van der Waals surface area contributed by atoms with Gasteiger partial charge in [0.05, 0.1) is 7.11 Å². The van der Waals surface area contributed by atoms with Crippen molar-refractivity contribution >= 4 is 0 Å². The Morgan fingerprint density at radius 2 is 1.71 bits per heavy atom. The third-order valence-corrected chi connectivity index (χ3v) is 4.83. The number of fused-ring (bicyclic) bond motifs is 1. The van der Waals surface area contributed by atoms with Gasteiger partial charge in [-0.15, -0.1) is 0 Å². The molecule has 0 aromatic heterocycles. The lowest BCUT2D eigenvalue weighted by Crippen LogP contribution is -1.91. The number of benzene rings is 1. The molecule has 2 aliphatic carbocycles. The van der Waals surface area contributed by atoms with Crippen LogP contribution in [-0.2, 0) is 6.42 Å². The molecule has 0 radical (unpaired) electrons. The lowest BCUT2D eigenvalue weighted by molar-refractivity contribution is 0.414. The molecule has 0 spiro atoms. The van der Waals surface area contributed by atoms with Crippen LogP contribution in [0.5, 0.6) is 5.75 Å². The van der Waals surface area contributed by atoms with Gasteiger partial charge in [-0.25, -0.2) is 0 Å². The number of rotatable bonds is 4. The van der Waals surface area contributed by atoms with Crippen molar-refractivity contribution in [2.45, 2.75) is 40.0 Å². The molecule has 0 bridgehead atoms. The van der Waals surface area contributed by atoms with Gasteiger partial charge in [0.1, 0.15) is 5.75 Å². The van der Waals surface area contributed by atoms with Crippen molar-refractivity contribution in [1.82, 2.24) is 0 Å². The van der Waals surface area contributed by atoms with Gasteiger partial charge in [0.2, 0.25) is 0 Å². The van der Waals surface area contributed by atoms with Crippen LogP contribution in [0.1, 0.15) is 47.6 Å². The summed E-state index contributed by atoms with van der Waals surface area (Å²) in [7, 11) is 1.72. The Hall–Kier alpha value is -2.28. The SMILES string of the molecule is COc1cccc(Cc2cc(C)c3cc(C(C)C)ccc(C)c2-3)c1. The van der Waals surface area contributed by atoms with E-state index >= 15 is 0 Å². The van der Waals surface area contributed by atoms with Gasteiger partial charge in [-0.3, -0.25) is 0 Å². The van der Waals surface area contributed by atoms with E-state index in [0.717, 1.165) is 12.2 Å². The summed E-state index contributed by atoms with van der Waals surface area (Å²) in [6, 6.07) is 17.6. The Labute approximate surface area is 145 Å². The van der Waals surface area contributed by atoms with Gasteiger partial charge in [-0.05, 0) is 77.3 Å². The van der Waals surface area contributed by atoms with E-state index < -0.39 is 0 Å². The molecule has 0 aliphatic heterocycles. The molecule has 1 nitrogen and oxygen atoms in total. The Morgan fingerprint density at radius 3 is 2.42 bits per heavy atom. The quantitative estimate of drug-likeness (QED) is 0.562. The summed E-state index contributed by atoms with van der Waals surface area (Å²) in [5.41, 5.74) is 9.60. The first-order valence-corrected chi connectivity index (χ1v) is 8.65. The summed E-state index contributed by atoms with van der Waals surface area (Å²) in [5.74, 6) is 1.46. The van der Waals surface area contributed by atoms with Crippen LogP contribution in [0.4, 0.5) is 0 Å². The van der Waals surface area contributed by atoms with Crippen LogP contribution in [0.3, 0.4) is 0 Å². The Bertz CT molecular complexity index is 830. The van der Waals surface area contributed by atoms with Crippen molar-refractivity contribution in [1.29, 1.82) is 0 Å². The molecule has 0 amide bonds. The molecule has 2 aliphatic rings. The van der Waals surface area contributed by atoms with Crippen molar-refractivity contribution in [3.63, 3.8) is 0 Å². The predicted octanol–water partition coefficient (Wildman–Crippen LogP) is 6.13. The zero-order valence-electron chi connectivity index (χ0n) is 15.3. The third kappa shape index (κ3) is 3.17. The maximum atomic E-state index is 5.37. The smallest absolute Gasteiger partial charge is 0.119 e. The molecule has 1 heteroatoms. The van der Waals surface area contributed by atoms with Crippen molar-refractivity contribution in [2.24, 2.45) is 0 Å². The first kappa shape index (κ1) is 16.6. The molecule has 1 aromatic rings. The zero-order chi connectivity index (χ0) is 17.3. The van der Waals surface area contributed by atoms with Gasteiger partial charge in [0.25, 0.3) is 0 Å². The highest BCUT2D eigenvalue weighted by Gasteiger charge is 2.16. The van der Waals surface area contributed by atoms with E-state index in [1.165, 1.54) is 38.9 Å². The van der Waals surface area contributed by atoms with E-state index in [4.69, 9.17) is 4.74 Å². The minimum atomic E-state index is 0.538. The van der Waals surface area contributed by atoms with Crippen molar-refractivity contribution in [3.05, 3.63) is 76.3 Å². The van der Waals surface area contributed by atoms with Crippen LogP contribution < -0.4 is 4.74 Å². The van der Waals surface area contributed by atoms with Gasteiger partial charge in [-0.1, -0.05) is 50.2 Å². The van der Waals surface area contributed by atoms with E-state index in [1.807, 2.05) is 6.07 Å². The van der Waals surface area contributed by atoms with E-state index in [-0.39, 0.29) is 0 Å². The molecule has 0 atom stereocenters. The average molecular weight is 318 g/mol. The average Bonchev–Trinajstić information content (AvgIpc) is 2.74. The number of methoxy groups -OCH3 is 1. The summed E-state index contributed by atoms with van der Waals surface area (Å²) in [6.45, 7) is 8.96. The highest BCUT2D eigenvalue weighted by atomic mass is 16.5. The first-order chi connectivity index (χ1) is 11.5. The molecule has 0 saturated carbocycles. The fraction of sp³-hybridized carbons (Fsp3) is 0.304. The molecule has 3 rings (SSSR count). The van der Waals surface area contributed by atoms with E-state index in [9.17, 15) is 0 Å². The minimum Gasteiger partial charge on any atom is -0.497 e. The number of ether oxygens (including phenoxy) is 1. The van der Waals surface area contributed by atoms with E-state index in [1.54, 1.807) is 7.11 Å². The van der Waals surface area contributed by atoms with E-state index in [2.05, 4.69) is 70.2 Å². The predicted molar refractivity (Wildman–Crippen MR) is 102 cm³/mol. The van der Waals surface area contributed by atoms with Crippen LogP contribution in [0, 0.1) is 13.8 Å². The molecule has 124 valence electrons. The lowest BCUT2D eigenvalue weighted by atomic mass is 9.98. The van der Waals surface area contributed by atoms with Crippen LogP contribution >= 0.6 is 0 Å². The summed E-state index contributed by atoms with van der Waals surface area (Å²) in [6.07, 6.45) is 0.934. The van der Waals surface area contributed by atoms with Crippen molar-refractivity contribution < 1.29 is 4.74 Å². The number of hydrogen-bond donors (Lipinski definition) is 0. The highest BCUT2D eigenvalue weighted by molar-refractivity contribution is 5.78. The molecule has 0 unspecified atom stereocenters. The molecule has 1 aromatic carbocycles. The second-order valence-electron chi connectivity index (χ2n) is 6.98. The van der Waals surface area contributed by atoms with Crippen molar-refractivity contribution in [3.8, 4) is 16.9 Å². The maximum absolute atomic E-state index is 5.37. The number of aryl methyl sites for hydroxylation is 2. The summed E-state index contributed by atoms with van der Waals surface area (Å²) >= 11 is 0. The van der Waals surface area contributed by atoms with Gasteiger partial charge in [0.15, 0.2) is 0 Å². The number of hydrogen-bond acceptors (Lipinski definition) is 1. The minimum absolute atomic E-state index is 0.538. The van der Waals surface area contributed by atoms with Gasteiger partial charge >= 0.3 is 0 Å². The fourth-order valence-corrected chi connectivity index (χ4v) is 3.45. The van der Waals surface area contributed by atoms with Gasteiger partial charge in [-0.2, -0.15) is 0 Å². The van der Waals surface area contributed by atoms with Crippen LogP contribution in [-0.4, -0.2) is 7.11 Å². The van der Waals surface area contributed by atoms with E-state index in [0.29, 0.717) is 5.92 Å². The second kappa shape index (κ2) is 6.68. The molecule has 0 N–H and O–H groups in total. The second-order valence-corrected chi connectivity index (χ2v) is 6.98. The standard InChI is InChI=1S/C23H26O/c1-15(2)19-10-9-16(3)23-20(11-17(4)22(23)14-19)12-18-7-6-8-21(13-18)24-5/h6-11,13-15H,12H2,1-5H3. The Kier molecular flexibility index (Phi) is 4.62. The van der Waals surface area contributed by atoms with Crippen LogP contribution in [0.25, 0.3) is 11.1 Å². The Balaban J connectivity index is 2.08. The zero-order valence-corrected chi connectivity index (χ0v) is 15.3. The third-order valence-electron chi connectivity index (χ3n) is 4.83. The molecule has 24 heavy (non-hydrogen) atoms. The topological polar surface area (TPSA) is 9.23 Å². The summed E-state index contributed by atoms with van der Waals surface area (Å²) in [4.78, 5) is 0. The highest BCUT2D eigenvalue weighted by Crippen LogP contribution is 2.37. The summed E-state index contributed by atoms with van der Waals surface area (Å²) in [5, 5.41) is 0. The van der Waals surface area contributed by atoms with Crippen molar-refractivity contribution in [2.75, 3.05) is 7.11 Å². The Morgan fingerprint density at radius 1 is 0.917 bits per heavy atom. The normalized spacial score (nSPS) is 11.2. The van der Waals surface area contributed by atoms with Crippen LogP contribution in [0.2, 0.25) is 0 Å². The fourth-order valence-electron chi connectivity index (χ4n) is 3.45. The molecular weight excluding hydrogens is 292 g/mol.